The molecule has 2 aromatic carbocycles. The average Bonchev–Trinajstić information content (AvgIpc) is 3.02. The van der Waals surface area contributed by atoms with Crippen LogP contribution < -0.4 is 24.8 Å². The first-order chi connectivity index (χ1) is 14.1. The van der Waals surface area contributed by atoms with Crippen LogP contribution in [0.15, 0.2) is 42.5 Å². The zero-order valence-corrected chi connectivity index (χ0v) is 15.4. The molecule has 2 heterocycles. The fraction of sp³-hybridized carbons (Fsp3) is 0.105. The van der Waals surface area contributed by atoms with E-state index in [0.717, 1.165) is 0 Å². The standard InChI is InChI=1S/C19H15N5O5/c1-27-18-22-17(23-19(24-18)28-2)20-10-3-5-11(6-4-10)29-12-7-8-13-14(9-12)16(26)21-15(13)25/h3-9H,1-2H3,(H,21,25,26)(H,20,22,23,24). The Morgan fingerprint density at radius 1 is 0.793 bits per heavy atom. The van der Waals surface area contributed by atoms with Gasteiger partial charge in [-0.2, -0.15) is 9.97 Å². The van der Waals surface area contributed by atoms with E-state index in [1.807, 2.05) is 0 Å². The molecular formula is C19H15N5O5. The number of hydrogen-bond acceptors (Lipinski definition) is 9. The van der Waals surface area contributed by atoms with Crippen LogP contribution in [0, 0.1) is 0 Å². The van der Waals surface area contributed by atoms with Crippen LogP contribution in [0.25, 0.3) is 0 Å². The molecule has 0 radical (unpaired) electrons. The number of ether oxygens (including phenoxy) is 3. The van der Waals surface area contributed by atoms with E-state index in [-0.39, 0.29) is 18.0 Å². The number of carbonyl (C=O) groups excluding carboxylic acids is 2. The third-order valence-electron chi connectivity index (χ3n) is 4.01. The molecule has 1 aliphatic rings. The van der Waals surface area contributed by atoms with Gasteiger partial charge in [0.2, 0.25) is 5.95 Å². The summed E-state index contributed by atoms with van der Waals surface area (Å²) in [5, 5.41) is 5.27. The number of nitrogens with zero attached hydrogens (tertiary/aromatic N) is 3. The predicted molar refractivity (Wildman–Crippen MR) is 101 cm³/mol. The van der Waals surface area contributed by atoms with Gasteiger partial charge >= 0.3 is 12.0 Å². The van der Waals surface area contributed by atoms with Gasteiger partial charge in [-0.15, -0.1) is 4.98 Å². The van der Waals surface area contributed by atoms with Gasteiger partial charge in [0.15, 0.2) is 0 Å². The fourth-order valence-electron chi connectivity index (χ4n) is 2.66. The summed E-state index contributed by atoms with van der Waals surface area (Å²) in [7, 11) is 2.90. The van der Waals surface area contributed by atoms with E-state index in [2.05, 4.69) is 25.6 Å². The van der Waals surface area contributed by atoms with Crippen LogP contribution in [0.3, 0.4) is 0 Å². The van der Waals surface area contributed by atoms with Gasteiger partial charge in [-0.3, -0.25) is 14.9 Å². The number of rotatable bonds is 6. The minimum Gasteiger partial charge on any atom is -0.467 e. The van der Waals surface area contributed by atoms with Crippen LogP contribution in [0.2, 0.25) is 0 Å². The summed E-state index contributed by atoms with van der Waals surface area (Å²) in [5.74, 6) is 0.417. The number of anilines is 2. The Hall–Kier alpha value is -4.21. The van der Waals surface area contributed by atoms with Crippen molar-refractivity contribution in [1.82, 2.24) is 20.3 Å². The maximum Gasteiger partial charge on any atom is 0.324 e. The van der Waals surface area contributed by atoms with Gasteiger partial charge in [-0.1, -0.05) is 0 Å². The summed E-state index contributed by atoms with van der Waals surface area (Å²) >= 11 is 0. The van der Waals surface area contributed by atoms with Crippen LogP contribution in [-0.2, 0) is 0 Å². The van der Waals surface area contributed by atoms with Crippen molar-refractivity contribution in [1.29, 1.82) is 0 Å². The lowest BCUT2D eigenvalue weighted by molar-refractivity contribution is 0.0879. The summed E-state index contributed by atoms with van der Waals surface area (Å²) < 4.78 is 15.8. The van der Waals surface area contributed by atoms with E-state index < -0.39 is 11.8 Å². The molecular weight excluding hydrogens is 378 g/mol. The Labute approximate surface area is 164 Å². The smallest absolute Gasteiger partial charge is 0.324 e. The largest absolute Gasteiger partial charge is 0.467 e. The van der Waals surface area contributed by atoms with Crippen molar-refractivity contribution in [2.45, 2.75) is 0 Å². The average molecular weight is 393 g/mol. The summed E-state index contributed by atoms with van der Waals surface area (Å²) in [6.45, 7) is 0. The van der Waals surface area contributed by atoms with Gasteiger partial charge in [-0.25, -0.2) is 0 Å². The number of benzene rings is 2. The normalized spacial score (nSPS) is 12.2. The van der Waals surface area contributed by atoms with Crippen LogP contribution in [0.4, 0.5) is 11.6 Å². The maximum atomic E-state index is 11.8. The number of hydrogen-bond donors (Lipinski definition) is 2. The SMILES string of the molecule is COc1nc(Nc2ccc(Oc3ccc4c(c3)C(=O)NC4=O)cc2)nc(OC)n1. The third-order valence-corrected chi connectivity index (χ3v) is 4.01. The molecule has 4 rings (SSSR count). The lowest BCUT2D eigenvalue weighted by Crippen LogP contribution is -2.19. The lowest BCUT2D eigenvalue weighted by atomic mass is 10.1. The summed E-state index contributed by atoms with van der Waals surface area (Å²) in [6.07, 6.45) is 0. The fourth-order valence-corrected chi connectivity index (χ4v) is 2.66. The number of carbonyl (C=O) groups is 2. The Bertz CT molecular complexity index is 1080. The van der Waals surface area contributed by atoms with Crippen LogP contribution >= 0.6 is 0 Å². The highest BCUT2D eigenvalue weighted by Crippen LogP contribution is 2.27. The first kappa shape index (κ1) is 18.2. The second-order valence-electron chi connectivity index (χ2n) is 5.87. The molecule has 1 aliphatic heterocycles. The number of aromatic nitrogens is 3. The molecule has 0 spiro atoms. The van der Waals surface area contributed by atoms with E-state index in [0.29, 0.717) is 28.3 Å². The van der Waals surface area contributed by atoms with Gasteiger partial charge < -0.3 is 19.5 Å². The molecule has 2 N–H and O–H groups in total. The quantitative estimate of drug-likeness (QED) is 0.607. The topological polar surface area (TPSA) is 125 Å². The van der Waals surface area contributed by atoms with E-state index in [1.54, 1.807) is 36.4 Å². The molecule has 0 aliphatic carbocycles. The van der Waals surface area contributed by atoms with Crippen molar-refractivity contribution >= 4 is 23.5 Å². The molecule has 10 nitrogen and oxygen atoms in total. The van der Waals surface area contributed by atoms with E-state index in [4.69, 9.17) is 14.2 Å². The first-order valence-electron chi connectivity index (χ1n) is 8.44. The van der Waals surface area contributed by atoms with Crippen molar-refractivity contribution in [2.24, 2.45) is 0 Å². The number of imide groups is 1. The summed E-state index contributed by atoms with van der Waals surface area (Å²) in [6, 6.07) is 12.0. The van der Waals surface area contributed by atoms with Crippen molar-refractivity contribution in [3.05, 3.63) is 53.6 Å². The summed E-state index contributed by atoms with van der Waals surface area (Å²) in [5.41, 5.74) is 1.33. The Balaban J connectivity index is 1.48. The van der Waals surface area contributed by atoms with Crippen molar-refractivity contribution in [3.8, 4) is 23.5 Å². The van der Waals surface area contributed by atoms with Gasteiger partial charge in [0.05, 0.1) is 25.3 Å². The van der Waals surface area contributed by atoms with Crippen molar-refractivity contribution in [3.63, 3.8) is 0 Å². The first-order valence-corrected chi connectivity index (χ1v) is 8.44. The van der Waals surface area contributed by atoms with Gasteiger partial charge in [-0.05, 0) is 42.5 Å². The van der Waals surface area contributed by atoms with Gasteiger partial charge in [0.1, 0.15) is 11.5 Å². The number of nitrogens with one attached hydrogen (secondary N) is 2. The molecule has 0 fully saturated rings. The Kier molecular flexibility index (Phi) is 4.65. The molecule has 0 unspecified atom stereocenters. The molecule has 0 bridgehead atoms. The molecule has 0 saturated carbocycles. The van der Waals surface area contributed by atoms with Gasteiger partial charge in [0, 0.05) is 5.69 Å². The van der Waals surface area contributed by atoms with E-state index >= 15 is 0 Å². The van der Waals surface area contributed by atoms with Crippen LogP contribution in [-0.4, -0.2) is 41.0 Å². The minimum atomic E-state index is -0.432. The molecule has 10 heteroatoms. The predicted octanol–water partition coefficient (Wildman–Crippen LogP) is 2.31. The molecule has 1 aromatic heterocycles. The number of fused-ring (bicyclic) bond motifs is 1. The zero-order valence-electron chi connectivity index (χ0n) is 15.4. The number of amides is 2. The highest BCUT2D eigenvalue weighted by molar-refractivity contribution is 6.21. The molecule has 2 amide bonds. The van der Waals surface area contributed by atoms with Gasteiger partial charge in [0.25, 0.3) is 11.8 Å². The molecule has 29 heavy (non-hydrogen) atoms. The van der Waals surface area contributed by atoms with E-state index in [9.17, 15) is 9.59 Å². The van der Waals surface area contributed by atoms with Crippen LogP contribution in [0.1, 0.15) is 20.7 Å². The molecule has 3 aromatic rings. The van der Waals surface area contributed by atoms with Crippen LogP contribution in [0.5, 0.6) is 23.5 Å². The Morgan fingerprint density at radius 2 is 1.41 bits per heavy atom. The molecule has 146 valence electrons. The highest BCUT2D eigenvalue weighted by atomic mass is 16.5. The number of methoxy groups -OCH3 is 2. The third kappa shape index (κ3) is 3.76. The molecule has 0 saturated heterocycles. The second-order valence-corrected chi connectivity index (χ2v) is 5.87. The lowest BCUT2D eigenvalue weighted by Gasteiger charge is -2.09. The Morgan fingerprint density at radius 3 is 2.07 bits per heavy atom. The molecule has 0 atom stereocenters. The monoisotopic (exact) mass is 393 g/mol. The second kappa shape index (κ2) is 7.43. The minimum absolute atomic E-state index is 0.124. The van der Waals surface area contributed by atoms with Crippen molar-refractivity contribution < 1.29 is 23.8 Å². The highest BCUT2D eigenvalue weighted by Gasteiger charge is 2.26. The maximum absolute atomic E-state index is 11.8. The van der Waals surface area contributed by atoms with E-state index in [1.165, 1.54) is 20.3 Å². The summed E-state index contributed by atoms with van der Waals surface area (Å²) in [4.78, 5) is 35.5. The van der Waals surface area contributed by atoms with Crippen molar-refractivity contribution in [2.75, 3.05) is 19.5 Å². The zero-order chi connectivity index (χ0) is 20.4.